The van der Waals surface area contributed by atoms with E-state index >= 15 is 0 Å². The molecule has 1 amide bonds. The molecule has 0 bridgehead atoms. The normalized spacial score (nSPS) is 16.2. The fourth-order valence-electron chi connectivity index (χ4n) is 2.23. The van der Waals surface area contributed by atoms with Gasteiger partial charge in [0.05, 0.1) is 16.8 Å². The van der Waals surface area contributed by atoms with Crippen LogP contribution in [0.4, 0.5) is 5.69 Å². The Morgan fingerprint density at radius 2 is 1.83 bits per heavy atom. The third kappa shape index (κ3) is 1.51. The maximum atomic E-state index is 11.8. The molecule has 1 aromatic heterocycles. The molecule has 0 saturated heterocycles. The van der Waals surface area contributed by atoms with Gasteiger partial charge in [0.2, 0.25) is 5.91 Å². The molecule has 3 nitrogen and oxygen atoms in total. The van der Waals surface area contributed by atoms with E-state index in [1.165, 1.54) is 0 Å². The van der Waals surface area contributed by atoms with E-state index in [2.05, 4.69) is 10.3 Å². The van der Waals surface area contributed by atoms with Gasteiger partial charge < -0.3 is 5.32 Å². The molecule has 0 unspecified atom stereocenters. The third-order valence-electron chi connectivity index (χ3n) is 3.40. The number of benzene rings is 1. The summed E-state index contributed by atoms with van der Waals surface area (Å²) in [5.74, 6) is 0.00946. The summed E-state index contributed by atoms with van der Waals surface area (Å²) in [7, 11) is 0. The van der Waals surface area contributed by atoms with Crippen molar-refractivity contribution in [1.82, 2.24) is 4.98 Å². The Morgan fingerprint density at radius 3 is 2.56 bits per heavy atom. The molecule has 1 N–H and O–H groups in total. The van der Waals surface area contributed by atoms with Crippen molar-refractivity contribution in [2.24, 2.45) is 0 Å². The largest absolute Gasteiger partial charge is 0.324 e. The van der Waals surface area contributed by atoms with Crippen LogP contribution in [0.25, 0.3) is 11.1 Å². The van der Waals surface area contributed by atoms with E-state index in [0.29, 0.717) is 0 Å². The van der Waals surface area contributed by atoms with E-state index in [9.17, 15) is 4.79 Å². The first-order chi connectivity index (χ1) is 8.59. The number of carbonyl (C=O) groups is 1. The van der Waals surface area contributed by atoms with E-state index in [-0.39, 0.29) is 5.91 Å². The zero-order valence-corrected chi connectivity index (χ0v) is 10.4. The van der Waals surface area contributed by atoms with Gasteiger partial charge in [0.1, 0.15) is 0 Å². The molecule has 0 atom stereocenters. The number of hydrogen-bond acceptors (Lipinski definition) is 2. The lowest BCUT2D eigenvalue weighted by Gasteiger charge is -2.13. The fourth-order valence-corrected chi connectivity index (χ4v) is 2.23. The number of amides is 1. The molecule has 3 rings (SSSR count). The standard InChI is InChI=1S/C15H14N2O/c1-15(2)13-12(17-14(15)18)8-11(9-16-13)10-6-4-3-5-7-10/h3-9H,1-2H3,(H,17,18). The quantitative estimate of drug-likeness (QED) is 0.829. The molecule has 3 heteroatoms. The molecule has 0 saturated carbocycles. The highest BCUT2D eigenvalue weighted by molar-refractivity contribution is 6.05. The smallest absolute Gasteiger partial charge is 0.236 e. The summed E-state index contributed by atoms with van der Waals surface area (Å²) in [6.45, 7) is 3.78. The minimum absolute atomic E-state index is 0.00946. The second kappa shape index (κ2) is 3.67. The van der Waals surface area contributed by atoms with Crippen molar-refractivity contribution in [3.8, 4) is 11.1 Å². The van der Waals surface area contributed by atoms with Crippen molar-refractivity contribution in [2.45, 2.75) is 19.3 Å². The van der Waals surface area contributed by atoms with Gasteiger partial charge in [-0.3, -0.25) is 9.78 Å². The van der Waals surface area contributed by atoms with E-state index < -0.39 is 5.41 Å². The Kier molecular flexibility index (Phi) is 2.23. The molecule has 0 radical (unpaired) electrons. The maximum absolute atomic E-state index is 11.8. The highest BCUT2D eigenvalue weighted by Gasteiger charge is 2.39. The molecular weight excluding hydrogens is 224 g/mol. The molecule has 0 aliphatic carbocycles. The molecule has 0 spiro atoms. The van der Waals surface area contributed by atoms with Crippen LogP contribution < -0.4 is 5.32 Å². The van der Waals surface area contributed by atoms with Gasteiger partial charge in [-0.15, -0.1) is 0 Å². The minimum Gasteiger partial charge on any atom is -0.324 e. The second-order valence-corrected chi connectivity index (χ2v) is 5.07. The zero-order chi connectivity index (χ0) is 12.8. The number of rotatable bonds is 1. The van der Waals surface area contributed by atoms with E-state index in [4.69, 9.17) is 0 Å². The van der Waals surface area contributed by atoms with Gasteiger partial charge in [-0.25, -0.2) is 0 Å². The highest BCUT2D eigenvalue weighted by atomic mass is 16.2. The third-order valence-corrected chi connectivity index (χ3v) is 3.40. The lowest BCUT2D eigenvalue weighted by Crippen LogP contribution is -2.27. The first-order valence-corrected chi connectivity index (χ1v) is 5.96. The molecular formula is C15H14N2O. The van der Waals surface area contributed by atoms with Crippen LogP contribution in [0.15, 0.2) is 42.6 Å². The predicted octanol–water partition coefficient (Wildman–Crippen LogP) is 2.98. The monoisotopic (exact) mass is 238 g/mol. The number of aromatic nitrogens is 1. The minimum atomic E-state index is -0.537. The first-order valence-electron chi connectivity index (χ1n) is 5.96. The summed E-state index contributed by atoms with van der Waals surface area (Å²) in [6, 6.07) is 12.0. The lowest BCUT2D eigenvalue weighted by molar-refractivity contribution is -0.119. The molecule has 18 heavy (non-hydrogen) atoms. The van der Waals surface area contributed by atoms with Crippen molar-refractivity contribution in [1.29, 1.82) is 0 Å². The van der Waals surface area contributed by atoms with E-state index in [1.807, 2.05) is 56.4 Å². The van der Waals surface area contributed by atoms with Crippen LogP contribution in [-0.4, -0.2) is 10.9 Å². The van der Waals surface area contributed by atoms with Gasteiger partial charge in [0.25, 0.3) is 0 Å². The Balaban J connectivity index is 2.10. The number of pyridine rings is 1. The second-order valence-electron chi connectivity index (χ2n) is 5.07. The van der Waals surface area contributed by atoms with Crippen LogP contribution in [0.1, 0.15) is 19.5 Å². The van der Waals surface area contributed by atoms with Crippen molar-refractivity contribution in [2.75, 3.05) is 5.32 Å². The van der Waals surface area contributed by atoms with Crippen LogP contribution in [0.3, 0.4) is 0 Å². The molecule has 1 aliphatic rings. The van der Waals surface area contributed by atoms with Crippen LogP contribution in [0.5, 0.6) is 0 Å². The summed E-state index contributed by atoms with van der Waals surface area (Å²) < 4.78 is 0. The van der Waals surface area contributed by atoms with Crippen LogP contribution >= 0.6 is 0 Å². The topological polar surface area (TPSA) is 42.0 Å². The van der Waals surface area contributed by atoms with E-state index in [0.717, 1.165) is 22.5 Å². The Morgan fingerprint density at radius 1 is 1.11 bits per heavy atom. The summed E-state index contributed by atoms with van der Waals surface area (Å²) in [6.07, 6.45) is 1.83. The number of nitrogens with one attached hydrogen (secondary N) is 1. The maximum Gasteiger partial charge on any atom is 0.236 e. The first kappa shape index (κ1) is 11.0. The number of hydrogen-bond donors (Lipinski definition) is 1. The molecule has 1 aliphatic heterocycles. The average Bonchev–Trinajstić information content (AvgIpc) is 2.61. The van der Waals surface area contributed by atoms with Crippen molar-refractivity contribution >= 4 is 11.6 Å². The van der Waals surface area contributed by atoms with Crippen LogP contribution in [0.2, 0.25) is 0 Å². The SMILES string of the molecule is CC1(C)C(=O)Nc2cc(-c3ccccc3)cnc21. The van der Waals surface area contributed by atoms with Crippen molar-refractivity contribution < 1.29 is 4.79 Å². The number of fused-ring (bicyclic) bond motifs is 1. The highest BCUT2D eigenvalue weighted by Crippen LogP contribution is 2.37. The van der Waals surface area contributed by atoms with Gasteiger partial charge in [-0.1, -0.05) is 30.3 Å². The van der Waals surface area contributed by atoms with Gasteiger partial charge in [0.15, 0.2) is 0 Å². The van der Waals surface area contributed by atoms with Crippen molar-refractivity contribution in [3.05, 3.63) is 48.3 Å². The summed E-state index contributed by atoms with van der Waals surface area (Å²) in [4.78, 5) is 16.3. The summed E-state index contributed by atoms with van der Waals surface area (Å²) in [5, 5.41) is 2.90. The van der Waals surface area contributed by atoms with Gasteiger partial charge >= 0.3 is 0 Å². The summed E-state index contributed by atoms with van der Waals surface area (Å²) in [5.41, 5.74) is 3.24. The molecule has 2 aromatic rings. The van der Waals surface area contributed by atoms with Crippen LogP contribution in [0, 0.1) is 0 Å². The Labute approximate surface area is 106 Å². The molecule has 1 aromatic carbocycles. The Hall–Kier alpha value is -2.16. The fraction of sp³-hybridized carbons (Fsp3) is 0.200. The Bertz CT molecular complexity index is 618. The molecule has 0 fully saturated rings. The lowest BCUT2D eigenvalue weighted by atomic mass is 9.90. The summed E-state index contributed by atoms with van der Waals surface area (Å²) >= 11 is 0. The van der Waals surface area contributed by atoms with Gasteiger partial charge in [0, 0.05) is 11.8 Å². The van der Waals surface area contributed by atoms with Crippen molar-refractivity contribution in [3.63, 3.8) is 0 Å². The average molecular weight is 238 g/mol. The number of anilines is 1. The van der Waals surface area contributed by atoms with Crippen LogP contribution in [-0.2, 0) is 10.2 Å². The zero-order valence-electron chi connectivity index (χ0n) is 10.4. The van der Waals surface area contributed by atoms with Gasteiger partial charge in [-0.2, -0.15) is 0 Å². The van der Waals surface area contributed by atoms with Gasteiger partial charge in [-0.05, 0) is 25.5 Å². The number of nitrogens with zero attached hydrogens (tertiary/aromatic N) is 1. The predicted molar refractivity (Wildman–Crippen MR) is 71.3 cm³/mol. The molecule has 2 heterocycles. The molecule has 90 valence electrons. The van der Waals surface area contributed by atoms with E-state index in [1.54, 1.807) is 0 Å². The number of carbonyl (C=O) groups excluding carboxylic acids is 1.